The lowest BCUT2D eigenvalue weighted by Gasteiger charge is -2.12. The number of fused-ring (bicyclic) bond motifs is 1. The Morgan fingerprint density at radius 3 is 2.52 bits per heavy atom. The Kier molecular flexibility index (Phi) is 6.41. The second-order valence-corrected chi connectivity index (χ2v) is 9.22. The van der Waals surface area contributed by atoms with E-state index in [1.54, 1.807) is 61.5 Å². The summed E-state index contributed by atoms with van der Waals surface area (Å²) in [5.41, 5.74) is 2.30. The fourth-order valence-electron chi connectivity index (χ4n) is 3.30. The number of ether oxygens (including phenoxy) is 3. The van der Waals surface area contributed by atoms with E-state index in [0.717, 1.165) is 5.56 Å². The number of anilines is 1. The third-order valence-corrected chi connectivity index (χ3v) is 6.56. The predicted octanol–water partition coefficient (Wildman–Crippen LogP) is 3.64. The predicted molar refractivity (Wildman–Crippen MR) is 124 cm³/mol. The maximum Gasteiger partial charge on any atom is 0.262 e. The molecule has 0 aliphatic carbocycles. The number of carbonyl (C=O) groups excluding carboxylic acids is 1. The van der Waals surface area contributed by atoms with Crippen molar-refractivity contribution in [2.45, 2.75) is 18.7 Å². The van der Waals surface area contributed by atoms with Gasteiger partial charge in [0.15, 0.2) is 11.5 Å². The summed E-state index contributed by atoms with van der Waals surface area (Å²) in [7, 11) is -3.73. The number of amides is 1. The van der Waals surface area contributed by atoms with Gasteiger partial charge in [-0.15, -0.1) is 0 Å². The Morgan fingerprint density at radius 2 is 1.73 bits per heavy atom. The lowest BCUT2D eigenvalue weighted by molar-refractivity contribution is 0.0947. The minimum Gasteiger partial charge on any atom is -0.492 e. The first-order chi connectivity index (χ1) is 15.8. The highest BCUT2D eigenvalue weighted by Gasteiger charge is 2.17. The van der Waals surface area contributed by atoms with Gasteiger partial charge in [-0.3, -0.25) is 9.52 Å². The molecule has 3 aromatic carbocycles. The van der Waals surface area contributed by atoms with Gasteiger partial charge in [-0.2, -0.15) is 0 Å². The molecule has 1 aliphatic rings. The summed E-state index contributed by atoms with van der Waals surface area (Å²) in [4.78, 5) is 12.6. The molecular formula is C24H24N2O6S. The van der Waals surface area contributed by atoms with Gasteiger partial charge in [0.05, 0.1) is 11.4 Å². The lowest BCUT2D eigenvalue weighted by Crippen LogP contribution is -2.28. The van der Waals surface area contributed by atoms with Crippen molar-refractivity contribution in [2.24, 2.45) is 0 Å². The van der Waals surface area contributed by atoms with Crippen molar-refractivity contribution in [1.29, 1.82) is 0 Å². The Morgan fingerprint density at radius 1 is 0.970 bits per heavy atom. The third kappa shape index (κ3) is 5.38. The first-order valence-electron chi connectivity index (χ1n) is 10.3. The summed E-state index contributed by atoms with van der Waals surface area (Å²) in [5.74, 6) is 1.64. The molecule has 172 valence electrons. The van der Waals surface area contributed by atoms with Gasteiger partial charge in [0, 0.05) is 17.3 Å². The largest absolute Gasteiger partial charge is 0.492 e. The van der Waals surface area contributed by atoms with E-state index in [1.165, 1.54) is 0 Å². The lowest BCUT2D eigenvalue weighted by atomic mass is 10.2. The summed E-state index contributed by atoms with van der Waals surface area (Å²) < 4.78 is 44.2. The number of benzene rings is 3. The Hall–Kier alpha value is -3.72. The molecule has 3 aromatic rings. The molecule has 0 bridgehead atoms. The van der Waals surface area contributed by atoms with E-state index in [9.17, 15) is 13.2 Å². The molecular weight excluding hydrogens is 444 g/mol. The SMILES string of the molecule is Cc1ccc(C)c(S(=O)(=O)Nc2ccc(C(=O)NCCOc3ccc4c(c3)OCO4)cc2)c1. The van der Waals surface area contributed by atoms with Crippen LogP contribution in [0.5, 0.6) is 17.2 Å². The maximum atomic E-state index is 12.7. The van der Waals surface area contributed by atoms with E-state index in [-0.39, 0.29) is 24.2 Å². The molecule has 33 heavy (non-hydrogen) atoms. The normalized spacial score (nSPS) is 12.3. The number of sulfonamides is 1. The van der Waals surface area contributed by atoms with Gasteiger partial charge in [-0.25, -0.2) is 8.42 Å². The standard InChI is InChI=1S/C24H24N2O6S/c1-16-3-4-17(2)23(13-16)33(28,29)26-19-7-5-18(6-8-19)24(27)25-11-12-30-20-9-10-21-22(14-20)32-15-31-21/h3-10,13-14,26H,11-12,15H2,1-2H3,(H,25,27). The monoisotopic (exact) mass is 468 g/mol. The molecule has 8 nitrogen and oxygen atoms in total. The van der Waals surface area contributed by atoms with E-state index in [4.69, 9.17) is 14.2 Å². The summed E-state index contributed by atoms with van der Waals surface area (Å²) in [6, 6.07) is 16.8. The number of hydrogen-bond acceptors (Lipinski definition) is 6. The molecule has 4 rings (SSSR count). The molecule has 0 atom stereocenters. The molecule has 0 saturated carbocycles. The zero-order chi connectivity index (χ0) is 23.4. The van der Waals surface area contributed by atoms with Crippen LogP contribution >= 0.6 is 0 Å². The number of aryl methyl sites for hydroxylation is 2. The van der Waals surface area contributed by atoms with Crippen LogP contribution < -0.4 is 24.2 Å². The molecule has 1 amide bonds. The molecule has 0 spiro atoms. The van der Waals surface area contributed by atoms with E-state index in [2.05, 4.69) is 10.0 Å². The Bertz CT molecular complexity index is 1270. The highest BCUT2D eigenvalue weighted by atomic mass is 32.2. The first-order valence-corrected chi connectivity index (χ1v) is 11.8. The second-order valence-electron chi connectivity index (χ2n) is 7.57. The topological polar surface area (TPSA) is 103 Å². The summed E-state index contributed by atoms with van der Waals surface area (Å²) >= 11 is 0. The van der Waals surface area contributed by atoms with Crippen LogP contribution in [0.15, 0.2) is 65.6 Å². The van der Waals surface area contributed by atoms with Gasteiger partial charge in [0.25, 0.3) is 15.9 Å². The van der Waals surface area contributed by atoms with E-state index < -0.39 is 10.0 Å². The summed E-state index contributed by atoms with van der Waals surface area (Å²) in [6.07, 6.45) is 0. The number of hydrogen-bond donors (Lipinski definition) is 2. The van der Waals surface area contributed by atoms with Crippen LogP contribution in [0.2, 0.25) is 0 Å². The van der Waals surface area contributed by atoms with Crippen molar-refractivity contribution in [3.63, 3.8) is 0 Å². The van der Waals surface area contributed by atoms with Crippen molar-refractivity contribution >= 4 is 21.6 Å². The van der Waals surface area contributed by atoms with Crippen LogP contribution in [0.3, 0.4) is 0 Å². The Labute approximate surface area is 192 Å². The van der Waals surface area contributed by atoms with Crippen molar-refractivity contribution < 1.29 is 27.4 Å². The third-order valence-electron chi connectivity index (χ3n) is 5.03. The maximum absolute atomic E-state index is 12.7. The minimum absolute atomic E-state index is 0.195. The number of carbonyl (C=O) groups is 1. The van der Waals surface area contributed by atoms with E-state index >= 15 is 0 Å². The molecule has 0 aromatic heterocycles. The molecule has 0 unspecified atom stereocenters. The molecule has 0 radical (unpaired) electrons. The van der Waals surface area contributed by atoms with Crippen LogP contribution in [0.1, 0.15) is 21.5 Å². The van der Waals surface area contributed by atoms with Crippen molar-refractivity contribution in [2.75, 3.05) is 24.7 Å². The van der Waals surface area contributed by atoms with Gasteiger partial charge in [0.2, 0.25) is 6.79 Å². The molecule has 0 fully saturated rings. The van der Waals surface area contributed by atoms with Gasteiger partial charge < -0.3 is 19.5 Å². The number of rotatable bonds is 8. The van der Waals surface area contributed by atoms with Crippen molar-refractivity contribution in [3.8, 4) is 17.2 Å². The quantitative estimate of drug-likeness (QED) is 0.490. The summed E-state index contributed by atoms with van der Waals surface area (Å²) in [5, 5.41) is 2.77. The van der Waals surface area contributed by atoms with Gasteiger partial charge in [-0.1, -0.05) is 12.1 Å². The fourth-order valence-corrected chi connectivity index (χ4v) is 4.69. The van der Waals surface area contributed by atoms with Crippen molar-refractivity contribution in [1.82, 2.24) is 5.32 Å². The Balaban J connectivity index is 1.29. The van der Waals surface area contributed by atoms with Gasteiger partial charge in [-0.05, 0) is 67.4 Å². The van der Waals surface area contributed by atoms with E-state index in [1.807, 2.05) is 13.0 Å². The molecule has 2 N–H and O–H groups in total. The molecule has 9 heteroatoms. The highest BCUT2D eigenvalue weighted by Crippen LogP contribution is 2.35. The molecule has 0 saturated heterocycles. The van der Waals surface area contributed by atoms with E-state index in [0.29, 0.717) is 40.6 Å². The smallest absolute Gasteiger partial charge is 0.262 e. The average molecular weight is 469 g/mol. The van der Waals surface area contributed by atoms with Crippen molar-refractivity contribution in [3.05, 3.63) is 77.4 Å². The average Bonchev–Trinajstić information content (AvgIpc) is 3.26. The minimum atomic E-state index is -3.73. The molecule has 1 aliphatic heterocycles. The first kappa shape index (κ1) is 22.5. The van der Waals surface area contributed by atoms with Crippen LogP contribution in [-0.4, -0.2) is 34.3 Å². The van der Waals surface area contributed by atoms with Crippen LogP contribution in [0.4, 0.5) is 5.69 Å². The van der Waals surface area contributed by atoms with Crippen LogP contribution in [0, 0.1) is 13.8 Å². The fraction of sp³-hybridized carbons (Fsp3) is 0.208. The zero-order valence-corrected chi connectivity index (χ0v) is 19.1. The van der Waals surface area contributed by atoms with Crippen LogP contribution in [0.25, 0.3) is 0 Å². The van der Waals surface area contributed by atoms with Crippen LogP contribution in [-0.2, 0) is 10.0 Å². The number of nitrogens with one attached hydrogen (secondary N) is 2. The second kappa shape index (κ2) is 9.41. The van der Waals surface area contributed by atoms with Gasteiger partial charge >= 0.3 is 0 Å². The highest BCUT2D eigenvalue weighted by molar-refractivity contribution is 7.92. The van der Waals surface area contributed by atoms with Gasteiger partial charge in [0.1, 0.15) is 12.4 Å². The zero-order valence-electron chi connectivity index (χ0n) is 18.3. The summed E-state index contributed by atoms with van der Waals surface area (Å²) in [6.45, 7) is 4.36. The molecule has 1 heterocycles.